The molecule has 0 aliphatic heterocycles. The van der Waals surface area contributed by atoms with Crippen LogP contribution in [-0.2, 0) is 0 Å². The maximum Gasteiger partial charge on any atom is 0.263 e. The average molecular weight is 365 g/mol. The zero-order chi connectivity index (χ0) is 17.8. The summed E-state index contributed by atoms with van der Waals surface area (Å²) < 4.78 is 2.06. The van der Waals surface area contributed by atoms with Crippen LogP contribution in [0, 0.1) is 0 Å². The largest absolute Gasteiger partial charge is 0.349 e. The van der Waals surface area contributed by atoms with Gasteiger partial charge < -0.3 is 9.88 Å². The van der Waals surface area contributed by atoms with Gasteiger partial charge in [-0.2, -0.15) is 0 Å². The van der Waals surface area contributed by atoms with Crippen molar-refractivity contribution in [3.05, 3.63) is 65.1 Å². The number of hydrogen-bond acceptors (Lipinski definition) is 2. The molecule has 26 heavy (non-hydrogen) atoms. The van der Waals surface area contributed by atoms with Crippen molar-refractivity contribution in [2.24, 2.45) is 0 Å². The summed E-state index contributed by atoms with van der Waals surface area (Å²) >= 11 is 1.54. The molecule has 1 aromatic carbocycles. The summed E-state index contributed by atoms with van der Waals surface area (Å²) in [4.78, 5) is 13.9. The Morgan fingerprint density at radius 3 is 2.35 bits per heavy atom. The summed E-state index contributed by atoms with van der Waals surface area (Å²) in [6.45, 7) is 0. The van der Waals surface area contributed by atoms with Crippen LogP contribution < -0.4 is 5.32 Å². The van der Waals surface area contributed by atoms with Gasteiger partial charge >= 0.3 is 0 Å². The van der Waals surface area contributed by atoms with Gasteiger partial charge in [0, 0.05) is 29.4 Å². The third-order valence-corrected chi connectivity index (χ3v) is 6.08. The van der Waals surface area contributed by atoms with Gasteiger partial charge in [0.05, 0.1) is 5.69 Å². The molecule has 1 saturated carbocycles. The topological polar surface area (TPSA) is 34.0 Å². The van der Waals surface area contributed by atoms with E-state index in [9.17, 15) is 4.79 Å². The number of hydrogen-bond donors (Lipinski definition) is 1. The number of benzene rings is 1. The van der Waals surface area contributed by atoms with Gasteiger partial charge in [-0.1, -0.05) is 56.0 Å². The van der Waals surface area contributed by atoms with Gasteiger partial charge in [-0.05, 0) is 30.5 Å². The summed E-state index contributed by atoms with van der Waals surface area (Å²) in [6, 6.07) is 14.6. The minimum absolute atomic E-state index is 0.0628. The number of carbonyl (C=O) groups is 1. The van der Waals surface area contributed by atoms with Crippen LogP contribution >= 0.6 is 11.3 Å². The molecule has 1 aliphatic carbocycles. The molecule has 0 bridgehead atoms. The second-order valence-corrected chi connectivity index (χ2v) is 7.83. The normalized spacial score (nSPS) is 15.5. The van der Waals surface area contributed by atoms with Crippen molar-refractivity contribution < 1.29 is 4.79 Å². The first-order valence-corrected chi connectivity index (χ1v) is 10.3. The highest BCUT2D eigenvalue weighted by atomic mass is 32.1. The number of carbonyl (C=O) groups excluding carboxylic acids is 1. The highest BCUT2D eigenvalue weighted by Gasteiger charge is 2.22. The van der Waals surface area contributed by atoms with Gasteiger partial charge in [0.2, 0.25) is 0 Å². The van der Waals surface area contributed by atoms with E-state index >= 15 is 0 Å². The molecule has 0 atom stereocenters. The number of aromatic nitrogens is 1. The predicted octanol–water partition coefficient (Wildman–Crippen LogP) is 5.66. The molecule has 1 fully saturated rings. The van der Waals surface area contributed by atoms with Gasteiger partial charge in [0.1, 0.15) is 4.88 Å². The van der Waals surface area contributed by atoms with E-state index in [0.29, 0.717) is 6.04 Å². The SMILES string of the molecule is O=C(NC1CCCCCC1)c1scc(-c2ccccc2)c1-n1cccc1. The van der Waals surface area contributed by atoms with E-state index in [1.165, 1.54) is 37.0 Å². The zero-order valence-corrected chi connectivity index (χ0v) is 15.7. The molecule has 1 aliphatic rings. The van der Waals surface area contributed by atoms with Crippen LogP contribution in [0.15, 0.2) is 60.2 Å². The molecule has 1 N–H and O–H groups in total. The molecule has 2 aromatic heterocycles. The number of nitrogens with one attached hydrogen (secondary N) is 1. The monoisotopic (exact) mass is 364 g/mol. The lowest BCUT2D eigenvalue weighted by Crippen LogP contribution is -2.34. The van der Waals surface area contributed by atoms with Gasteiger partial charge in [0.25, 0.3) is 5.91 Å². The fraction of sp³-hybridized carbons (Fsp3) is 0.318. The summed E-state index contributed by atoms with van der Waals surface area (Å²) in [6.07, 6.45) is 11.2. The van der Waals surface area contributed by atoms with E-state index in [0.717, 1.165) is 34.5 Å². The molecular weight excluding hydrogens is 340 g/mol. The quantitative estimate of drug-likeness (QED) is 0.596. The van der Waals surface area contributed by atoms with Crippen molar-refractivity contribution in [1.29, 1.82) is 0 Å². The van der Waals surface area contributed by atoms with Gasteiger partial charge in [0.15, 0.2) is 0 Å². The Morgan fingerprint density at radius 1 is 0.962 bits per heavy atom. The third kappa shape index (κ3) is 3.61. The Bertz CT molecular complexity index is 844. The molecule has 3 aromatic rings. The second-order valence-electron chi connectivity index (χ2n) is 6.95. The van der Waals surface area contributed by atoms with Crippen molar-refractivity contribution in [2.75, 3.05) is 0 Å². The average Bonchev–Trinajstić information content (AvgIpc) is 3.28. The summed E-state index contributed by atoms with van der Waals surface area (Å²) in [7, 11) is 0. The van der Waals surface area contributed by atoms with E-state index < -0.39 is 0 Å². The molecule has 0 spiro atoms. The first kappa shape index (κ1) is 17.1. The molecule has 0 saturated heterocycles. The second kappa shape index (κ2) is 7.92. The van der Waals surface area contributed by atoms with Gasteiger partial charge in [-0.3, -0.25) is 4.79 Å². The molecule has 0 unspecified atom stereocenters. The van der Waals surface area contributed by atoms with Crippen molar-refractivity contribution in [3.63, 3.8) is 0 Å². The highest BCUT2D eigenvalue weighted by Crippen LogP contribution is 2.35. The van der Waals surface area contributed by atoms with E-state index in [-0.39, 0.29) is 5.91 Å². The Morgan fingerprint density at radius 2 is 1.65 bits per heavy atom. The van der Waals surface area contributed by atoms with Crippen LogP contribution in [0.2, 0.25) is 0 Å². The summed E-state index contributed by atoms with van der Waals surface area (Å²) in [5.74, 6) is 0.0628. The van der Waals surface area contributed by atoms with Crippen LogP contribution in [0.5, 0.6) is 0 Å². The smallest absolute Gasteiger partial charge is 0.263 e. The Kier molecular flexibility index (Phi) is 5.21. The van der Waals surface area contributed by atoms with E-state index in [2.05, 4.69) is 27.4 Å². The van der Waals surface area contributed by atoms with Crippen LogP contribution in [0.1, 0.15) is 48.2 Å². The Balaban J connectivity index is 1.67. The van der Waals surface area contributed by atoms with Crippen molar-refractivity contribution >= 4 is 17.2 Å². The molecule has 4 heteroatoms. The van der Waals surface area contributed by atoms with Gasteiger partial charge in [-0.25, -0.2) is 0 Å². The molecule has 4 rings (SSSR count). The number of nitrogens with zero attached hydrogens (tertiary/aromatic N) is 1. The fourth-order valence-corrected chi connectivity index (χ4v) is 4.73. The first-order chi connectivity index (χ1) is 12.8. The summed E-state index contributed by atoms with van der Waals surface area (Å²) in [5.41, 5.74) is 3.23. The number of thiophene rings is 1. The standard InChI is InChI=1S/C22H24N2OS/c25-22(23-18-12-6-1-2-7-13-18)21-20(24-14-8-9-15-24)19(16-26-21)17-10-4-3-5-11-17/h3-5,8-11,14-16,18H,1-2,6-7,12-13H2,(H,23,25). The maximum atomic E-state index is 13.1. The molecule has 2 heterocycles. The lowest BCUT2D eigenvalue weighted by atomic mass is 10.1. The Hall–Kier alpha value is -2.33. The summed E-state index contributed by atoms with van der Waals surface area (Å²) in [5, 5.41) is 5.40. The minimum atomic E-state index is 0.0628. The van der Waals surface area contributed by atoms with Crippen molar-refractivity contribution in [1.82, 2.24) is 9.88 Å². The molecule has 1 amide bonds. The zero-order valence-electron chi connectivity index (χ0n) is 14.9. The first-order valence-electron chi connectivity index (χ1n) is 9.44. The molecule has 3 nitrogen and oxygen atoms in total. The molecular formula is C22H24N2OS. The van der Waals surface area contributed by atoms with Crippen LogP contribution in [0.3, 0.4) is 0 Å². The Labute approximate surface area is 158 Å². The van der Waals surface area contributed by atoms with Crippen LogP contribution in [0.4, 0.5) is 0 Å². The lowest BCUT2D eigenvalue weighted by molar-refractivity contribution is 0.0937. The predicted molar refractivity (Wildman–Crippen MR) is 108 cm³/mol. The van der Waals surface area contributed by atoms with E-state index in [1.807, 2.05) is 42.7 Å². The highest BCUT2D eigenvalue weighted by molar-refractivity contribution is 7.13. The number of amides is 1. The third-order valence-electron chi connectivity index (χ3n) is 5.11. The van der Waals surface area contributed by atoms with Crippen molar-refractivity contribution in [2.45, 2.75) is 44.6 Å². The van der Waals surface area contributed by atoms with E-state index in [4.69, 9.17) is 0 Å². The van der Waals surface area contributed by atoms with E-state index in [1.54, 1.807) is 0 Å². The molecule has 0 radical (unpaired) electrons. The lowest BCUT2D eigenvalue weighted by Gasteiger charge is -2.17. The van der Waals surface area contributed by atoms with Crippen molar-refractivity contribution in [3.8, 4) is 16.8 Å². The molecule has 134 valence electrons. The minimum Gasteiger partial charge on any atom is -0.349 e. The maximum absolute atomic E-state index is 13.1. The van der Waals surface area contributed by atoms with Gasteiger partial charge in [-0.15, -0.1) is 11.3 Å². The fourth-order valence-electron chi connectivity index (χ4n) is 3.75. The van der Waals surface area contributed by atoms with Crippen LogP contribution in [-0.4, -0.2) is 16.5 Å². The van der Waals surface area contributed by atoms with Crippen LogP contribution in [0.25, 0.3) is 16.8 Å². The number of rotatable bonds is 4.